The smallest absolute Gasteiger partial charge is 0.217 e. The van der Waals surface area contributed by atoms with Crippen LogP contribution in [-0.4, -0.2) is 16.8 Å². The number of halogens is 3. The van der Waals surface area contributed by atoms with Crippen LogP contribution in [0.3, 0.4) is 0 Å². The first kappa shape index (κ1) is 21.6. The van der Waals surface area contributed by atoms with E-state index >= 15 is 0 Å². The molecule has 2 nitrogen and oxygen atoms in total. The second-order valence-corrected chi connectivity index (χ2v) is 6.82. The minimum Gasteiger partial charge on any atom is -0.354 e. The molecule has 0 saturated carbocycles. The molecule has 1 atom stereocenters. The van der Waals surface area contributed by atoms with E-state index in [1.165, 1.54) is 5.54 Å². The molecule has 0 aliphatic rings. The fourth-order valence-electron chi connectivity index (χ4n) is 2.22. The van der Waals surface area contributed by atoms with Gasteiger partial charge in [-0.2, -0.15) is 0 Å². The normalized spacial score (nSPS) is 12.2. The predicted octanol–water partition coefficient (Wildman–Crippen LogP) is 5.56. The van der Waals surface area contributed by atoms with Gasteiger partial charge in [-0.15, -0.1) is 23.2 Å². The molecule has 1 N–H and O–H groups in total. The Morgan fingerprint density at radius 1 is 1.09 bits per heavy atom. The summed E-state index contributed by atoms with van der Waals surface area (Å²) in [7, 11) is 0. The number of allylic oxidation sites excluding steroid dienone is 1. The van der Waals surface area contributed by atoms with E-state index in [1.807, 2.05) is 0 Å². The third kappa shape index (κ3) is 16.0. The number of hydrogen-bond acceptors (Lipinski definition) is 1. The van der Waals surface area contributed by atoms with Crippen molar-refractivity contribution in [1.82, 2.24) is 5.32 Å². The van der Waals surface area contributed by atoms with E-state index in [0.717, 1.165) is 57.8 Å². The largest absolute Gasteiger partial charge is 0.354 e. The summed E-state index contributed by atoms with van der Waals surface area (Å²) < 4.78 is 0. The SMILES string of the molecule is CC(=O)NC(CCCC#CC=CCl)CCCCCCC(Cl)Cl. The van der Waals surface area contributed by atoms with Crippen molar-refractivity contribution in [3.8, 4) is 11.8 Å². The Hall–Kier alpha value is -0.360. The lowest BCUT2D eigenvalue weighted by Crippen LogP contribution is -2.32. The Morgan fingerprint density at radius 2 is 1.73 bits per heavy atom. The zero-order valence-corrected chi connectivity index (χ0v) is 15.5. The van der Waals surface area contributed by atoms with Gasteiger partial charge in [-0.3, -0.25) is 4.79 Å². The first-order chi connectivity index (χ1) is 10.6. The minimum absolute atomic E-state index is 0.0354. The van der Waals surface area contributed by atoms with E-state index in [2.05, 4.69) is 17.2 Å². The van der Waals surface area contributed by atoms with Crippen molar-refractivity contribution in [1.29, 1.82) is 0 Å². The summed E-state index contributed by atoms with van der Waals surface area (Å²) in [6.07, 6.45) is 10.7. The zero-order valence-electron chi connectivity index (χ0n) is 13.2. The van der Waals surface area contributed by atoms with E-state index in [0.29, 0.717) is 0 Å². The van der Waals surface area contributed by atoms with Crippen LogP contribution >= 0.6 is 34.8 Å². The maximum atomic E-state index is 11.2. The molecule has 0 fully saturated rings. The third-order valence-corrected chi connectivity index (χ3v) is 3.80. The molecule has 0 aromatic rings. The highest BCUT2D eigenvalue weighted by atomic mass is 35.5. The number of amides is 1. The lowest BCUT2D eigenvalue weighted by Gasteiger charge is -2.17. The minimum atomic E-state index is -0.248. The molecule has 0 saturated heterocycles. The molecule has 1 unspecified atom stereocenters. The molecule has 0 aliphatic carbocycles. The number of hydrogen-bond donors (Lipinski definition) is 1. The average molecular weight is 367 g/mol. The Kier molecular flexibility index (Phi) is 15.3. The molecule has 5 heteroatoms. The highest BCUT2D eigenvalue weighted by Crippen LogP contribution is 2.15. The topological polar surface area (TPSA) is 29.1 Å². The van der Waals surface area contributed by atoms with Gasteiger partial charge in [0.05, 0.1) is 0 Å². The number of unbranched alkanes of at least 4 members (excludes halogenated alkanes) is 4. The lowest BCUT2D eigenvalue weighted by molar-refractivity contribution is -0.119. The quantitative estimate of drug-likeness (QED) is 0.289. The monoisotopic (exact) mass is 365 g/mol. The summed E-state index contributed by atoms with van der Waals surface area (Å²) in [5, 5.41) is 3.03. The molecule has 22 heavy (non-hydrogen) atoms. The van der Waals surface area contributed by atoms with Crippen molar-refractivity contribution >= 4 is 40.7 Å². The fraction of sp³-hybridized carbons (Fsp3) is 0.706. The highest BCUT2D eigenvalue weighted by Gasteiger charge is 2.09. The molecule has 0 spiro atoms. The van der Waals surface area contributed by atoms with Crippen LogP contribution in [0.5, 0.6) is 0 Å². The summed E-state index contributed by atoms with van der Waals surface area (Å²) in [6, 6.07) is 0.247. The number of rotatable bonds is 11. The Labute approximate surface area is 150 Å². The van der Waals surface area contributed by atoms with Gasteiger partial charge in [0.25, 0.3) is 0 Å². The second kappa shape index (κ2) is 15.5. The average Bonchev–Trinajstić information content (AvgIpc) is 2.45. The summed E-state index contributed by atoms with van der Waals surface area (Å²) in [6.45, 7) is 1.57. The van der Waals surface area contributed by atoms with Crippen molar-refractivity contribution in [2.75, 3.05) is 0 Å². The predicted molar refractivity (Wildman–Crippen MR) is 97.4 cm³/mol. The van der Waals surface area contributed by atoms with Gasteiger partial charge in [0, 0.05) is 24.9 Å². The Bertz CT molecular complexity index is 372. The molecule has 0 rings (SSSR count). The van der Waals surface area contributed by atoms with Gasteiger partial charge >= 0.3 is 0 Å². The van der Waals surface area contributed by atoms with Crippen molar-refractivity contribution in [3.05, 3.63) is 11.6 Å². The van der Waals surface area contributed by atoms with Crippen molar-refractivity contribution in [2.24, 2.45) is 0 Å². The standard InChI is InChI=1S/C17H26Cl3NO/c1-15(22)21-16(11-7-3-2-6-10-14-18)12-8-4-5-9-13-17(19)20/h10,14,16-17H,3-5,7-9,11-13H2,1H3,(H,21,22). The molecule has 0 bridgehead atoms. The maximum absolute atomic E-state index is 11.2. The van der Waals surface area contributed by atoms with Crippen molar-refractivity contribution in [3.63, 3.8) is 0 Å². The number of carbonyl (C=O) groups is 1. The molecule has 126 valence electrons. The van der Waals surface area contributed by atoms with Crippen LogP contribution in [0.2, 0.25) is 0 Å². The lowest BCUT2D eigenvalue weighted by atomic mass is 10.0. The van der Waals surface area contributed by atoms with Gasteiger partial charge in [0.2, 0.25) is 5.91 Å². The molecule has 0 radical (unpaired) electrons. The third-order valence-electron chi connectivity index (χ3n) is 3.24. The van der Waals surface area contributed by atoms with E-state index in [4.69, 9.17) is 34.8 Å². The summed E-state index contributed by atoms with van der Waals surface area (Å²) in [4.78, 5) is 11.0. The van der Waals surface area contributed by atoms with E-state index in [1.54, 1.807) is 13.0 Å². The number of nitrogens with one attached hydrogen (secondary N) is 1. The van der Waals surface area contributed by atoms with Gasteiger partial charge in [0.15, 0.2) is 0 Å². The van der Waals surface area contributed by atoms with Gasteiger partial charge in [0.1, 0.15) is 4.84 Å². The summed E-state index contributed by atoms with van der Waals surface area (Å²) in [5.74, 6) is 5.92. The molecule has 0 aromatic heterocycles. The van der Waals surface area contributed by atoms with Crippen LogP contribution in [0.4, 0.5) is 0 Å². The van der Waals surface area contributed by atoms with Gasteiger partial charge in [-0.05, 0) is 31.8 Å². The molecular formula is C17H26Cl3NO. The molecule has 0 heterocycles. The highest BCUT2D eigenvalue weighted by molar-refractivity contribution is 6.44. The van der Waals surface area contributed by atoms with Crippen LogP contribution in [0, 0.1) is 11.8 Å². The summed E-state index contributed by atoms with van der Waals surface area (Å²) in [5.41, 5.74) is 1.41. The number of carbonyl (C=O) groups excluding carboxylic acids is 1. The number of alkyl halides is 2. The summed E-state index contributed by atoms with van der Waals surface area (Å²) >= 11 is 16.8. The van der Waals surface area contributed by atoms with Gasteiger partial charge < -0.3 is 5.32 Å². The Balaban J connectivity index is 3.83. The Morgan fingerprint density at radius 3 is 2.32 bits per heavy atom. The van der Waals surface area contributed by atoms with E-state index in [9.17, 15) is 4.79 Å². The molecule has 1 amide bonds. The molecule has 0 aliphatic heterocycles. The van der Waals surface area contributed by atoms with Crippen LogP contribution in [0.1, 0.15) is 64.7 Å². The second-order valence-electron chi connectivity index (χ2n) is 5.29. The van der Waals surface area contributed by atoms with Crippen molar-refractivity contribution in [2.45, 2.75) is 75.6 Å². The van der Waals surface area contributed by atoms with Crippen LogP contribution < -0.4 is 5.32 Å². The van der Waals surface area contributed by atoms with Crippen LogP contribution in [-0.2, 0) is 4.79 Å². The van der Waals surface area contributed by atoms with Crippen LogP contribution in [0.25, 0.3) is 0 Å². The van der Waals surface area contributed by atoms with Crippen LogP contribution in [0.15, 0.2) is 11.6 Å². The fourth-order valence-corrected chi connectivity index (χ4v) is 2.59. The van der Waals surface area contributed by atoms with Gasteiger partial charge in [-0.1, -0.05) is 49.1 Å². The maximum Gasteiger partial charge on any atom is 0.217 e. The molecule has 0 aromatic carbocycles. The molecular weight excluding hydrogens is 341 g/mol. The van der Waals surface area contributed by atoms with E-state index < -0.39 is 0 Å². The first-order valence-corrected chi connectivity index (χ1v) is 9.16. The first-order valence-electron chi connectivity index (χ1n) is 7.85. The van der Waals surface area contributed by atoms with E-state index in [-0.39, 0.29) is 16.8 Å². The van der Waals surface area contributed by atoms with Crippen molar-refractivity contribution < 1.29 is 4.79 Å². The van der Waals surface area contributed by atoms with Gasteiger partial charge in [-0.25, -0.2) is 0 Å². The zero-order chi connectivity index (χ0) is 16.6.